The fourth-order valence-corrected chi connectivity index (χ4v) is 3.26. The zero-order valence-electron chi connectivity index (χ0n) is 11.3. The highest BCUT2D eigenvalue weighted by Crippen LogP contribution is 2.13. The number of hydrazine groups is 1. The summed E-state index contributed by atoms with van der Waals surface area (Å²) in [5, 5.41) is 1.74. The average Bonchev–Trinajstić information content (AvgIpc) is 2.74. The number of sulfonamides is 1. The van der Waals surface area contributed by atoms with Crippen LogP contribution >= 0.6 is 0 Å². The predicted octanol–water partition coefficient (Wildman–Crippen LogP) is -1.08. The van der Waals surface area contributed by atoms with Gasteiger partial charge in [-0.3, -0.25) is 0 Å². The molecule has 19 heavy (non-hydrogen) atoms. The molecule has 1 fully saturated rings. The second-order valence-corrected chi connectivity index (χ2v) is 6.53. The quantitative estimate of drug-likeness (QED) is 0.736. The minimum Gasteiger partial charge on any atom is -0.352 e. The van der Waals surface area contributed by atoms with Gasteiger partial charge in [-0.05, 0) is 13.1 Å². The van der Waals surface area contributed by atoms with Gasteiger partial charge in [-0.15, -0.1) is 4.83 Å². The Labute approximate surface area is 114 Å². The molecule has 8 heteroatoms. The normalized spacial score (nSPS) is 18.9. The van der Waals surface area contributed by atoms with Crippen LogP contribution in [0.3, 0.4) is 0 Å². The minimum atomic E-state index is -3.51. The van der Waals surface area contributed by atoms with Crippen molar-refractivity contribution in [3.8, 4) is 0 Å². The summed E-state index contributed by atoms with van der Waals surface area (Å²) in [6.45, 7) is 3.40. The van der Waals surface area contributed by atoms with Crippen molar-refractivity contribution in [2.75, 3.05) is 33.2 Å². The van der Waals surface area contributed by atoms with E-state index in [9.17, 15) is 8.42 Å². The zero-order valence-corrected chi connectivity index (χ0v) is 12.2. The molecule has 2 heterocycles. The molecular weight excluding hydrogens is 266 g/mol. The van der Waals surface area contributed by atoms with Crippen molar-refractivity contribution in [1.29, 1.82) is 0 Å². The van der Waals surface area contributed by atoms with Gasteiger partial charge >= 0.3 is 0 Å². The van der Waals surface area contributed by atoms with E-state index >= 15 is 0 Å². The molecular formula is C11H21N5O2S. The molecule has 1 aromatic heterocycles. The summed E-state index contributed by atoms with van der Waals surface area (Å²) in [6.07, 6.45) is 1.58. The van der Waals surface area contributed by atoms with Crippen molar-refractivity contribution >= 4 is 10.0 Å². The molecule has 0 atom stereocenters. The van der Waals surface area contributed by atoms with Gasteiger partial charge in [0.05, 0.1) is 0 Å². The summed E-state index contributed by atoms with van der Waals surface area (Å²) < 4.78 is 26.2. The molecule has 0 radical (unpaired) electrons. The van der Waals surface area contributed by atoms with Crippen molar-refractivity contribution < 1.29 is 8.42 Å². The highest BCUT2D eigenvalue weighted by Gasteiger charge is 2.22. The molecule has 1 aliphatic heterocycles. The van der Waals surface area contributed by atoms with Gasteiger partial charge in [0.25, 0.3) is 10.0 Å². The smallest absolute Gasteiger partial charge is 0.254 e. The number of piperazine rings is 1. The van der Waals surface area contributed by atoms with Gasteiger partial charge in [0.2, 0.25) is 0 Å². The first kappa shape index (κ1) is 14.5. The van der Waals surface area contributed by atoms with Crippen LogP contribution in [0.5, 0.6) is 0 Å². The number of nitrogens with zero attached hydrogens (tertiary/aromatic N) is 3. The van der Waals surface area contributed by atoms with Gasteiger partial charge in [-0.1, -0.05) is 0 Å². The van der Waals surface area contributed by atoms with E-state index in [2.05, 4.69) is 9.73 Å². The monoisotopic (exact) mass is 287 g/mol. The van der Waals surface area contributed by atoms with Gasteiger partial charge in [-0.2, -0.15) is 0 Å². The summed E-state index contributed by atoms with van der Waals surface area (Å²) in [4.78, 5) is 5.05. The fourth-order valence-electron chi connectivity index (χ4n) is 2.05. The van der Waals surface area contributed by atoms with Crippen molar-refractivity contribution in [2.24, 2.45) is 12.8 Å². The van der Waals surface area contributed by atoms with E-state index in [1.165, 1.54) is 0 Å². The van der Waals surface area contributed by atoms with Gasteiger partial charge < -0.3 is 15.2 Å². The first-order chi connectivity index (χ1) is 8.92. The number of rotatable bonds is 4. The van der Waals surface area contributed by atoms with E-state index in [1.54, 1.807) is 28.9 Å². The van der Waals surface area contributed by atoms with Crippen LogP contribution in [0.15, 0.2) is 17.2 Å². The molecule has 108 valence electrons. The van der Waals surface area contributed by atoms with Crippen LogP contribution in [0.1, 0.15) is 5.69 Å². The maximum atomic E-state index is 12.2. The van der Waals surface area contributed by atoms with Crippen LogP contribution in [-0.2, 0) is 23.6 Å². The Balaban J connectivity index is 2.09. The van der Waals surface area contributed by atoms with Gasteiger partial charge in [0.15, 0.2) is 0 Å². The highest BCUT2D eigenvalue weighted by molar-refractivity contribution is 7.89. The lowest BCUT2D eigenvalue weighted by molar-refractivity contribution is 0.135. The van der Waals surface area contributed by atoms with Gasteiger partial charge in [0.1, 0.15) is 4.90 Å². The first-order valence-electron chi connectivity index (χ1n) is 6.23. The molecule has 7 nitrogen and oxygen atoms in total. The number of hydrogen-bond donors (Lipinski definition) is 2. The lowest BCUT2D eigenvalue weighted by Gasteiger charge is -2.31. The summed E-state index contributed by atoms with van der Waals surface area (Å²) in [6, 6.07) is 1.61. The molecule has 2 rings (SSSR count). The Morgan fingerprint density at radius 1 is 1.26 bits per heavy atom. The van der Waals surface area contributed by atoms with E-state index < -0.39 is 10.0 Å². The number of likely N-dealkylation sites (N-methyl/N-ethyl adjacent to an activating group) is 1. The van der Waals surface area contributed by atoms with Gasteiger partial charge in [-0.25, -0.2) is 13.4 Å². The predicted molar refractivity (Wildman–Crippen MR) is 72.7 cm³/mol. The van der Waals surface area contributed by atoms with Crippen LogP contribution in [-0.4, -0.2) is 56.1 Å². The zero-order chi connectivity index (χ0) is 14.0. The van der Waals surface area contributed by atoms with Crippen LogP contribution in [0.25, 0.3) is 0 Å². The summed E-state index contributed by atoms with van der Waals surface area (Å²) in [7, 11) is 0.305. The minimum absolute atomic E-state index is 0.259. The Hall–Kier alpha value is -0.930. The summed E-state index contributed by atoms with van der Waals surface area (Å²) in [5.74, 6) is 0. The third-order valence-electron chi connectivity index (χ3n) is 3.35. The van der Waals surface area contributed by atoms with Crippen molar-refractivity contribution in [2.45, 2.75) is 11.4 Å². The Morgan fingerprint density at radius 3 is 2.42 bits per heavy atom. The van der Waals surface area contributed by atoms with E-state index in [1.807, 2.05) is 7.05 Å². The molecule has 0 saturated carbocycles. The topological polar surface area (TPSA) is 83.6 Å². The number of aromatic nitrogens is 1. The second kappa shape index (κ2) is 5.59. The highest BCUT2D eigenvalue weighted by atomic mass is 32.2. The maximum absolute atomic E-state index is 12.2. The van der Waals surface area contributed by atoms with Crippen molar-refractivity contribution in [3.63, 3.8) is 0 Å². The average molecular weight is 287 g/mol. The SMILES string of the molecule is CN1CCN(NS(=O)(=O)c2cc(CN)n(C)c2)CC1. The van der Waals surface area contributed by atoms with Crippen LogP contribution in [0.4, 0.5) is 0 Å². The lowest BCUT2D eigenvalue weighted by atomic mass is 10.4. The van der Waals surface area contributed by atoms with E-state index in [4.69, 9.17) is 5.73 Å². The summed E-state index contributed by atoms with van der Waals surface area (Å²) >= 11 is 0. The molecule has 1 aliphatic rings. The molecule has 0 amide bonds. The maximum Gasteiger partial charge on any atom is 0.254 e. The first-order valence-corrected chi connectivity index (χ1v) is 7.72. The molecule has 3 N–H and O–H groups in total. The standard InChI is InChI=1S/C11H21N5O2S/c1-14-3-5-16(6-4-14)13-19(17,18)11-7-10(8-12)15(2)9-11/h7,9,13H,3-6,8,12H2,1-2H3. The largest absolute Gasteiger partial charge is 0.352 e. The van der Waals surface area contributed by atoms with Gasteiger partial charge in [0, 0.05) is 51.7 Å². The van der Waals surface area contributed by atoms with Crippen LogP contribution in [0, 0.1) is 0 Å². The second-order valence-electron chi connectivity index (χ2n) is 4.87. The third-order valence-corrected chi connectivity index (χ3v) is 4.70. The molecule has 0 aliphatic carbocycles. The van der Waals surface area contributed by atoms with E-state index in [0.29, 0.717) is 19.6 Å². The number of nitrogens with two attached hydrogens (primary N) is 1. The lowest BCUT2D eigenvalue weighted by Crippen LogP contribution is -2.52. The molecule has 0 bridgehead atoms. The molecule has 1 saturated heterocycles. The Kier molecular flexibility index (Phi) is 4.26. The molecule has 1 aromatic rings. The molecule has 0 spiro atoms. The number of nitrogens with one attached hydrogen (secondary N) is 1. The number of hydrogen-bond acceptors (Lipinski definition) is 5. The molecule has 0 unspecified atom stereocenters. The van der Waals surface area contributed by atoms with E-state index in [-0.39, 0.29) is 4.90 Å². The third kappa shape index (κ3) is 3.34. The van der Waals surface area contributed by atoms with E-state index in [0.717, 1.165) is 18.8 Å². The van der Waals surface area contributed by atoms with Crippen LogP contribution in [0.2, 0.25) is 0 Å². The fraction of sp³-hybridized carbons (Fsp3) is 0.636. The van der Waals surface area contributed by atoms with Crippen molar-refractivity contribution in [1.82, 2.24) is 19.3 Å². The Morgan fingerprint density at radius 2 is 1.89 bits per heavy atom. The van der Waals surface area contributed by atoms with Crippen molar-refractivity contribution in [3.05, 3.63) is 18.0 Å². The molecule has 0 aromatic carbocycles. The van der Waals surface area contributed by atoms with Crippen LogP contribution < -0.4 is 10.6 Å². The Bertz CT molecular complexity index is 531. The summed E-state index contributed by atoms with van der Waals surface area (Å²) in [5.41, 5.74) is 6.35. The number of aryl methyl sites for hydroxylation is 1.